The number of ketones is 1. The Balaban J connectivity index is 2.13. The Kier molecular flexibility index (Phi) is 4.75. The number of hydrogen-bond acceptors (Lipinski definition) is 1. The quantitative estimate of drug-likeness (QED) is 0.792. The Hall–Kier alpha value is -1.60. The molecule has 1 atom stereocenters. The van der Waals surface area contributed by atoms with E-state index in [-0.39, 0.29) is 11.7 Å². The van der Waals surface area contributed by atoms with Crippen LogP contribution in [0.4, 0.5) is 0 Å². The van der Waals surface area contributed by atoms with Gasteiger partial charge < -0.3 is 0 Å². The van der Waals surface area contributed by atoms with Crippen LogP contribution in [0.5, 0.6) is 0 Å². The Morgan fingerprint density at radius 3 is 2.26 bits per heavy atom. The highest BCUT2D eigenvalue weighted by molar-refractivity contribution is 6.31. The van der Waals surface area contributed by atoms with Gasteiger partial charge in [0.1, 0.15) is 5.78 Å². The monoisotopic (exact) mass is 272 g/mol. The van der Waals surface area contributed by atoms with Crippen LogP contribution in [-0.4, -0.2) is 5.78 Å². The van der Waals surface area contributed by atoms with Crippen LogP contribution in [0.2, 0.25) is 5.02 Å². The summed E-state index contributed by atoms with van der Waals surface area (Å²) in [7, 11) is 0. The van der Waals surface area contributed by atoms with E-state index in [0.29, 0.717) is 6.42 Å². The summed E-state index contributed by atoms with van der Waals surface area (Å²) in [6.45, 7) is 1.66. The third-order valence-corrected chi connectivity index (χ3v) is 3.69. The maximum absolute atomic E-state index is 11.8. The lowest BCUT2D eigenvalue weighted by Gasteiger charge is -2.15. The van der Waals surface area contributed by atoms with Crippen molar-refractivity contribution in [1.82, 2.24) is 0 Å². The van der Waals surface area contributed by atoms with Crippen molar-refractivity contribution in [3.8, 4) is 0 Å². The molecular formula is C17H17ClO. The summed E-state index contributed by atoms with van der Waals surface area (Å²) >= 11 is 6.16. The standard InChI is InChI=1S/C17H17ClO/c1-13(19)16(11-14-7-3-2-4-8-14)12-15-9-5-6-10-17(15)18/h2-10,16H,11-12H2,1H3. The minimum absolute atomic E-state index is 0.0118. The fourth-order valence-electron chi connectivity index (χ4n) is 2.19. The second-order valence-electron chi connectivity index (χ2n) is 4.79. The molecule has 0 radical (unpaired) electrons. The fourth-order valence-corrected chi connectivity index (χ4v) is 2.40. The summed E-state index contributed by atoms with van der Waals surface area (Å²) in [6.07, 6.45) is 1.46. The lowest BCUT2D eigenvalue weighted by Crippen LogP contribution is -2.17. The van der Waals surface area contributed by atoms with E-state index in [2.05, 4.69) is 12.1 Å². The molecular weight excluding hydrogens is 256 g/mol. The smallest absolute Gasteiger partial charge is 0.133 e. The number of carbonyl (C=O) groups excluding carboxylic acids is 1. The summed E-state index contributed by atoms with van der Waals surface area (Å²) in [5.41, 5.74) is 2.23. The lowest BCUT2D eigenvalue weighted by atomic mass is 9.90. The van der Waals surface area contributed by atoms with Crippen LogP contribution in [-0.2, 0) is 17.6 Å². The van der Waals surface area contributed by atoms with Gasteiger partial charge in [-0.3, -0.25) is 4.79 Å². The molecule has 2 aromatic rings. The molecule has 1 nitrogen and oxygen atoms in total. The van der Waals surface area contributed by atoms with E-state index in [4.69, 9.17) is 11.6 Å². The van der Waals surface area contributed by atoms with Crippen molar-refractivity contribution >= 4 is 17.4 Å². The third-order valence-electron chi connectivity index (χ3n) is 3.32. The molecule has 0 spiro atoms. The first kappa shape index (κ1) is 13.8. The minimum atomic E-state index is -0.0118. The summed E-state index contributed by atoms with van der Waals surface area (Å²) in [5.74, 6) is 0.200. The molecule has 0 aliphatic rings. The second kappa shape index (κ2) is 6.53. The van der Waals surface area contributed by atoms with Gasteiger partial charge in [-0.05, 0) is 37.0 Å². The Bertz CT molecular complexity index is 548. The SMILES string of the molecule is CC(=O)C(Cc1ccccc1)Cc1ccccc1Cl. The van der Waals surface area contributed by atoms with Crippen LogP contribution in [0.15, 0.2) is 54.6 Å². The van der Waals surface area contributed by atoms with Crippen LogP contribution < -0.4 is 0 Å². The Labute approximate surface area is 119 Å². The van der Waals surface area contributed by atoms with Crippen molar-refractivity contribution in [1.29, 1.82) is 0 Å². The molecule has 2 heteroatoms. The van der Waals surface area contributed by atoms with Crippen molar-refractivity contribution in [3.63, 3.8) is 0 Å². The maximum Gasteiger partial charge on any atom is 0.133 e. The summed E-state index contributed by atoms with van der Waals surface area (Å²) in [6, 6.07) is 17.8. The molecule has 2 aromatic carbocycles. The number of halogens is 1. The van der Waals surface area contributed by atoms with Gasteiger partial charge >= 0.3 is 0 Å². The van der Waals surface area contributed by atoms with E-state index in [0.717, 1.165) is 17.0 Å². The molecule has 0 aromatic heterocycles. The van der Waals surface area contributed by atoms with Gasteiger partial charge in [0.15, 0.2) is 0 Å². The van der Waals surface area contributed by atoms with Crippen LogP contribution >= 0.6 is 11.6 Å². The van der Waals surface area contributed by atoms with Crippen LogP contribution in [0.1, 0.15) is 18.1 Å². The number of benzene rings is 2. The van der Waals surface area contributed by atoms with Gasteiger partial charge in [-0.15, -0.1) is 0 Å². The maximum atomic E-state index is 11.8. The Morgan fingerprint density at radius 2 is 1.63 bits per heavy atom. The first-order valence-electron chi connectivity index (χ1n) is 6.44. The van der Waals surface area contributed by atoms with Gasteiger partial charge in [0.2, 0.25) is 0 Å². The first-order chi connectivity index (χ1) is 9.16. The summed E-state index contributed by atoms with van der Waals surface area (Å²) < 4.78 is 0. The first-order valence-corrected chi connectivity index (χ1v) is 6.82. The normalized spacial score (nSPS) is 12.1. The van der Waals surface area contributed by atoms with E-state index in [1.165, 1.54) is 5.56 Å². The predicted molar refractivity (Wildman–Crippen MR) is 79.5 cm³/mol. The highest BCUT2D eigenvalue weighted by Gasteiger charge is 2.16. The molecule has 0 saturated heterocycles. The molecule has 98 valence electrons. The zero-order valence-electron chi connectivity index (χ0n) is 11.0. The molecule has 0 heterocycles. The zero-order chi connectivity index (χ0) is 13.7. The van der Waals surface area contributed by atoms with Crippen LogP contribution in [0.25, 0.3) is 0 Å². The molecule has 1 unspecified atom stereocenters. The van der Waals surface area contributed by atoms with E-state index in [9.17, 15) is 4.79 Å². The molecule has 19 heavy (non-hydrogen) atoms. The third kappa shape index (κ3) is 3.93. The summed E-state index contributed by atoms with van der Waals surface area (Å²) in [4.78, 5) is 11.8. The van der Waals surface area contributed by atoms with Crippen molar-refractivity contribution < 1.29 is 4.79 Å². The minimum Gasteiger partial charge on any atom is -0.300 e. The molecule has 0 aliphatic carbocycles. The fraction of sp³-hybridized carbons (Fsp3) is 0.235. The van der Waals surface area contributed by atoms with Crippen molar-refractivity contribution in [3.05, 3.63) is 70.7 Å². The van der Waals surface area contributed by atoms with E-state index < -0.39 is 0 Å². The predicted octanol–water partition coefficient (Wildman–Crippen LogP) is 4.33. The largest absolute Gasteiger partial charge is 0.300 e. The van der Waals surface area contributed by atoms with Gasteiger partial charge in [0.25, 0.3) is 0 Å². The van der Waals surface area contributed by atoms with E-state index in [1.807, 2.05) is 42.5 Å². The van der Waals surface area contributed by atoms with Crippen molar-refractivity contribution in [2.75, 3.05) is 0 Å². The Morgan fingerprint density at radius 1 is 1.00 bits per heavy atom. The average Bonchev–Trinajstić information content (AvgIpc) is 2.41. The van der Waals surface area contributed by atoms with E-state index >= 15 is 0 Å². The van der Waals surface area contributed by atoms with Crippen LogP contribution in [0, 0.1) is 5.92 Å². The number of carbonyl (C=O) groups is 1. The van der Waals surface area contributed by atoms with Gasteiger partial charge in [-0.25, -0.2) is 0 Å². The van der Waals surface area contributed by atoms with Gasteiger partial charge in [-0.2, -0.15) is 0 Å². The average molecular weight is 273 g/mol. The van der Waals surface area contributed by atoms with Gasteiger partial charge in [-0.1, -0.05) is 60.1 Å². The van der Waals surface area contributed by atoms with Gasteiger partial charge in [0.05, 0.1) is 0 Å². The van der Waals surface area contributed by atoms with Crippen molar-refractivity contribution in [2.45, 2.75) is 19.8 Å². The highest BCUT2D eigenvalue weighted by Crippen LogP contribution is 2.21. The molecule has 0 bridgehead atoms. The zero-order valence-corrected chi connectivity index (χ0v) is 11.7. The van der Waals surface area contributed by atoms with Crippen molar-refractivity contribution in [2.24, 2.45) is 5.92 Å². The highest BCUT2D eigenvalue weighted by atomic mass is 35.5. The second-order valence-corrected chi connectivity index (χ2v) is 5.20. The molecule has 0 N–H and O–H groups in total. The van der Waals surface area contributed by atoms with Gasteiger partial charge in [0, 0.05) is 10.9 Å². The lowest BCUT2D eigenvalue weighted by molar-refractivity contribution is -0.120. The molecule has 0 amide bonds. The van der Waals surface area contributed by atoms with E-state index in [1.54, 1.807) is 6.92 Å². The number of Topliss-reactive ketones (excluding diaryl/α,β-unsaturated/α-hetero) is 1. The number of rotatable bonds is 5. The topological polar surface area (TPSA) is 17.1 Å². The van der Waals surface area contributed by atoms with Crippen LogP contribution in [0.3, 0.4) is 0 Å². The number of hydrogen-bond donors (Lipinski definition) is 0. The molecule has 0 aliphatic heterocycles. The summed E-state index contributed by atoms with van der Waals surface area (Å²) in [5, 5.41) is 0.738. The molecule has 2 rings (SSSR count). The molecule has 0 fully saturated rings. The molecule has 0 saturated carbocycles.